The van der Waals surface area contributed by atoms with Gasteiger partial charge in [-0.3, -0.25) is 9.59 Å². The summed E-state index contributed by atoms with van der Waals surface area (Å²) in [7, 11) is 0. The largest absolute Gasteiger partial charge is 0.494 e. The average molecular weight is 507 g/mol. The minimum atomic E-state index is -0.531. The summed E-state index contributed by atoms with van der Waals surface area (Å²) in [6.07, 6.45) is 8.41. The van der Waals surface area contributed by atoms with E-state index >= 15 is 0 Å². The van der Waals surface area contributed by atoms with Gasteiger partial charge in [-0.25, -0.2) is 0 Å². The molecule has 0 aliphatic rings. The summed E-state index contributed by atoms with van der Waals surface area (Å²) in [5, 5.41) is 0.628. The van der Waals surface area contributed by atoms with Crippen LogP contribution in [0.25, 0.3) is 11.0 Å². The molecule has 3 aromatic rings. The first-order chi connectivity index (χ1) is 18.0. The van der Waals surface area contributed by atoms with E-state index in [1.807, 2.05) is 12.1 Å². The van der Waals surface area contributed by atoms with Crippen molar-refractivity contribution < 1.29 is 18.7 Å². The maximum Gasteiger partial charge on any atom is 0.248 e. The van der Waals surface area contributed by atoms with Gasteiger partial charge in [0.25, 0.3) is 0 Å². The van der Waals surface area contributed by atoms with Crippen LogP contribution in [0.15, 0.2) is 46.9 Å². The van der Waals surface area contributed by atoms with Crippen molar-refractivity contribution >= 4 is 22.7 Å². The van der Waals surface area contributed by atoms with Gasteiger partial charge in [0.2, 0.25) is 5.91 Å². The van der Waals surface area contributed by atoms with Gasteiger partial charge < -0.3 is 19.8 Å². The zero-order valence-corrected chi connectivity index (χ0v) is 22.7. The molecule has 0 unspecified atom stereocenters. The molecule has 6 nitrogen and oxygen atoms in total. The molecule has 2 N–H and O–H groups in total. The van der Waals surface area contributed by atoms with Crippen molar-refractivity contribution in [2.24, 2.45) is 5.73 Å². The van der Waals surface area contributed by atoms with E-state index in [2.05, 4.69) is 25.7 Å². The fourth-order valence-corrected chi connectivity index (χ4v) is 4.49. The number of amides is 1. The summed E-state index contributed by atoms with van der Waals surface area (Å²) in [6.45, 7) is 10.5. The van der Waals surface area contributed by atoms with Crippen molar-refractivity contribution in [2.45, 2.75) is 72.1 Å². The number of primary amides is 1. The van der Waals surface area contributed by atoms with E-state index in [4.69, 9.17) is 14.9 Å². The van der Waals surface area contributed by atoms with Gasteiger partial charge in [0.05, 0.1) is 12.2 Å². The predicted octanol–water partition coefficient (Wildman–Crippen LogP) is 6.78. The molecule has 0 bridgehead atoms. The third-order valence-electron chi connectivity index (χ3n) is 6.69. The van der Waals surface area contributed by atoms with E-state index in [1.165, 1.54) is 25.7 Å². The molecule has 200 valence electrons. The number of unbranched alkanes of at least 4 members (excludes halogenated alkanes) is 3. The number of hydrogen-bond acceptors (Lipinski definition) is 5. The summed E-state index contributed by atoms with van der Waals surface area (Å²) >= 11 is 0. The van der Waals surface area contributed by atoms with Crippen LogP contribution in [0.5, 0.6) is 5.75 Å². The van der Waals surface area contributed by atoms with Crippen molar-refractivity contribution in [3.63, 3.8) is 0 Å². The molecule has 0 saturated carbocycles. The third-order valence-corrected chi connectivity index (χ3v) is 6.69. The monoisotopic (exact) mass is 506 g/mol. The zero-order chi connectivity index (χ0) is 26.6. The molecule has 0 radical (unpaired) electrons. The van der Waals surface area contributed by atoms with Crippen molar-refractivity contribution in [1.82, 2.24) is 4.90 Å². The van der Waals surface area contributed by atoms with Crippen LogP contribution < -0.4 is 10.5 Å². The molecule has 0 atom stereocenters. The molecule has 1 aromatic heterocycles. The first kappa shape index (κ1) is 28.5. The summed E-state index contributed by atoms with van der Waals surface area (Å²) in [5.74, 6) is 0.751. The second-order valence-corrected chi connectivity index (χ2v) is 9.68. The normalized spacial score (nSPS) is 11.4. The zero-order valence-electron chi connectivity index (χ0n) is 22.7. The molecule has 0 fully saturated rings. The highest BCUT2D eigenvalue weighted by atomic mass is 16.5. The fraction of sp³-hybridized carbons (Fsp3) is 0.484. The summed E-state index contributed by atoms with van der Waals surface area (Å²) < 4.78 is 12.0. The van der Waals surface area contributed by atoms with Gasteiger partial charge in [0.1, 0.15) is 17.1 Å². The maximum absolute atomic E-state index is 13.6. The number of nitrogens with two attached hydrogens (primary N) is 1. The number of carbonyl (C=O) groups excluding carboxylic acids is 2. The van der Waals surface area contributed by atoms with Gasteiger partial charge >= 0.3 is 0 Å². The molecule has 37 heavy (non-hydrogen) atoms. The molecule has 2 aromatic carbocycles. The number of ether oxygens (including phenoxy) is 1. The van der Waals surface area contributed by atoms with Crippen LogP contribution in [0.4, 0.5) is 0 Å². The van der Waals surface area contributed by atoms with E-state index in [0.717, 1.165) is 44.6 Å². The number of ketones is 1. The lowest BCUT2D eigenvalue weighted by Crippen LogP contribution is -2.28. The molecule has 6 heteroatoms. The Morgan fingerprint density at radius 1 is 0.838 bits per heavy atom. The number of benzene rings is 2. The van der Waals surface area contributed by atoms with Gasteiger partial charge in [-0.15, -0.1) is 0 Å². The SMILES string of the molecule is CCCCc1oc2ccc(C(N)=O)cc2c1C(=O)c1ccc(OCCCN(CCCC)CCCC)cc1. The number of nitrogens with zero attached hydrogens (tertiary/aromatic N) is 1. The molecular weight excluding hydrogens is 464 g/mol. The Hall–Kier alpha value is -3.12. The highest BCUT2D eigenvalue weighted by molar-refractivity contribution is 6.17. The Labute approximate surface area is 221 Å². The first-order valence-electron chi connectivity index (χ1n) is 13.8. The van der Waals surface area contributed by atoms with Gasteiger partial charge in [-0.2, -0.15) is 0 Å². The van der Waals surface area contributed by atoms with Crippen molar-refractivity contribution in [3.8, 4) is 5.75 Å². The van der Waals surface area contributed by atoms with Crippen molar-refractivity contribution in [2.75, 3.05) is 26.2 Å². The molecule has 0 aliphatic carbocycles. The van der Waals surface area contributed by atoms with Crippen molar-refractivity contribution in [1.29, 1.82) is 0 Å². The number of fused-ring (bicyclic) bond motifs is 1. The van der Waals surface area contributed by atoms with Gasteiger partial charge in [-0.05, 0) is 81.2 Å². The molecule has 0 aliphatic heterocycles. The topological polar surface area (TPSA) is 85.8 Å². The summed E-state index contributed by atoms with van der Waals surface area (Å²) in [6, 6.07) is 12.3. The average Bonchev–Trinajstić information content (AvgIpc) is 3.28. The molecule has 3 rings (SSSR count). The molecule has 0 saturated heterocycles. The summed E-state index contributed by atoms with van der Waals surface area (Å²) in [5.41, 5.74) is 7.50. The minimum Gasteiger partial charge on any atom is -0.494 e. The van der Waals surface area contributed by atoms with E-state index < -0.39 is 5.91 Å². The lowest BCUT2D eigenvalue weighted by Gasteiger charge is -2.21. The summed E-state index contributed by atoms with van der Waals surface area (Å²) in [4.78, 5) is 27.9. The van der Waals surface area contributed by atoms with Crippen LogP contribution in [0.3, 0.4) is 0 Å². The van der Waals surface area contributed by atoms with Crippen LogP contribution >= 0.6 is 0 Å². The first-order valence-corrected chi connectivity index (χ1v) is 13.8. The second kappa shape index (κ2) is 14.6. The highest BCUT2D eigenvalue weighted by Crippen LogP contribution is 2.31. The smallest absolute Gasteiger partial charge is 0.248 e. The van der Waals surface area contributed by atoms with E-state index in [0.29, 0.717) is 46.4 Å². The van der Waals surface area contributed by atoms with E-state index in [9.17, 15) is 9.59 Å². The Morgan fingerprint density at radius 3 is 2.08 bits per heavy atom. The quantitative estimate of drug-likeness (QED) is 0.161. The number of aryl methyl sites for hydroxylation is 1. The van der Waals surface area contributed by atoms with E-state index in [-0.39, 0.29) is 5.78 Å². The highest BCUT2D eigenvalue weighted by Gasteiger charge is 2.22. The van der Waals surface area contributed by atoms with Crippen LogP contribution in [-0.2, 0) is 6.42 Å². The van der Waals surface area contributed by atoms with Crippen LogP contribution in [0, 0.1) is 0 Å². The number of rotatable bonds is 17. The standard InChI is InChI=1S/C31H42N2O4/c1-4-7-11-28-29(26-22-24(31(32)35)14-17-27(26)37-28)30(34)23-12-15-25(16-13-23)36-21-10-20-33(18-8-5-2)19-9-6-3/h12-17,22H,4-11,18-21H2,1-3H3,(H2,32,35). The van der Waals surface area contributed by atoms with E-state index in [1.54, 1.807) is 30.3 Å². The Morgan fingerprint density at radius 2 is 1.46 bits per heavy atom. The van der Waals surface area contributed by atoms with Gasteiger partial charge in [-0.1, -0.05) is 40.0 Å². The Kier molecular flexibility index (Phi) is 11.2. The molecule has 1 amide bonds. The predicted molar refractivity (Wildman–Crippen MR) is 150 cm³/mol. The minimum absolute atomic E-state index is 0.125. The maximum atomic E-state index is 13.6. The molecular formula is C31H42N2O4. The van der Waals surface area contributed by atoms with Crippen LogP contribution in [0.2, 0.25) is 0 Å². The van der Waals surface area contributed by atoms with Crippen LogP contribution in [0.1, 0.15) is 97.8 Å². The molecule has 1 heterocycles. The number of furan rings is 1. The lowest BCUT2D eigenvalue weighted by atomic mass is 9.97. The third kappa shape index (κ3) is 7.93. The second-order valence-electron chi connectivity index (χ2n) is 9.68. The van der Waals surface area contributed by atoms with Crippen LogP contribution in [-0.4, -0.2) is 42.8 Å². The molecule has 0 spiro atoms. The lowest BCUT2D eigenvalue weighted by molar-refractivity contribution is 0.0998. The number of carbonyl (C=O) groups is 2. The fourth-order valence-electron chi connectivity index (χ4n) is 4.49. The number of hydrogen-bond donors (Lipinski definition) is 1. The van der Waals surface area contributed by atoms with Gasteiger partial charge in [0, 0.05) is 29.5 Å². The van der Waals surface area contributed by atoms with Crippen molar-refractivity contribution in [3.05, 3.63) is 64.9 Å². The van der Waals surface area contributed by atoms with Gasteiger partial charge in [0.15, 0.2) is 5.78 Å². The Balaban J connectivity index is 1.68. The Bertz CT molecular complexity index is 1140.